The lowest BCUT2D eigenvalue weighted by Gasteiger charge is -2.24. The Morgan fingerprint density at radius 2 is 2.10 bits per heavy atom. The van der Waals surface area contributed by atoms with Crippen LogP contribution >= 0.6 is 0 Å². The summed E-state index contributed by atoms with van der Waals surface area (Å²) in [5.41, 5.74) is -0.134. The van der Waals surface area contributed by atoms with Gasteiger partial charge in [-0.05, 0) is 25.2 Å². The van der Waals surface area contributed by atoms with Crippen LogP contribution in [0.1, 0.15) is 51.9 Å². The van der Waals surface area contributed by atoms with Crippen LogP contribution in [0.4, 0.5) is 4.79 Å². The molecule has 0 radical (unpaired) electrons. The van der Waals surface area contributed by atoms with E-state index in [0.717, 1.165) is 0 Å². The van der Waals surface area contributed by atoms with E-state index in [1.165, 1.54) is 0 Å². The topological polar surface area (TPSA) is 133 Å². The molecule has 0 spiro atoms. The van der Waals surface area contributed by atoms with Crippen LogP contribution in [0.2, 0.25) is 0 Å². The van der Waals surface area contributed by atoms with Crippen LogP contribution in [0.15, 0.2) is 0 Å². The molecule has 1 aromatic rings. The number of carbonyl (C=O) groups is 2. The number of nitrogens with zero attached hydrogens (tertiary/aromatic N) is 3. The largest absolute Gasteiger partial charge is 0.481 e. The number of nitrogens with one attached hydrogen (secondary N) is 3. The molecule has 0 aromatic carbocycles. The summed E-state index contributed by atoms with van der Waals surface area (Å²) in [5, 5.41) is 27.4. The first-order valence-corrected chi connectivity index (χ1v) is 6.80. The number of urea groups is 1. The number of aromatic nitrogens is 4. The standard InChI is InChI=1S/C12H22N6O3/c1-8(10-15-17-18-16-10)14-11(21)13-7-6-12(2,3)5-4-9(19)20/h8H,4-7H2,1-3H3,(H,19,20)(H2,13,14,21)(H,15,16,17,18). The molecule has 2 amide bonds. The van der Waals surface area contributed by atoms with Crippen molar-refractivity contribution in [2.24, 2.45) is 5.41 Å². The van der Waals surface area contributed by atoms with Gasteiger partial charge >= 0.3 is 12.0 Å². The molecular formula is C12H22N6O3. The van der Waals surface area contributed by atoms with E-state index in [1.807, 2.05) is 13.8 Å². The van der Waals surface area contributed by atoms with Crippen molar-refractivity contribution >= 4 is 12.0 Å². The van der Waals surface area contributed by atoms with Crippen LogP contribution < -0.4 is 10.6 Å². The predicted molar refractivity (Wildman–Crippen MR) is 74.4 cm³/mol. The number of hydrogen-bond donors (Lipinski definition) is 4. The molecule has 0 aliphatic heterocycles. The lowest BCUT2D eigenvalue weighted by atomic mass is 9.84. The fourth-order valence-corrected chi connectivity index (χ4v) is 1.75. The van der Waals surface area contributed by atoms with Crippen LogP contribution in [0.3, 0.4) is 0 Å². The Labute approximate surface area is 122 Å². The number of aromatic amines is 1. The second kappa shape index (κ2) is 7.55. The molecule has 0 saturated heterocycles. The fourth-order valence-electron chi connectivity index (χ4n) is 1.75. The van der Waals surface area contributed by atoms with Gasteiger partial charge in [0.15, 0.2) is 5.82 Å². The lowest BCUT2D eigenvalue weighted by molar-refractivity contribution is -0.137. The van der Waals surface area contributed by atoms with Gasteiger partial charge in [-0.15, -0.1) is 10.2 Å². The summed E-state index contributed by atoms with van der Waals surface area (Å²) >= 11 is 0. The van der Waals surface area contributed by atoms with E-state index in [9.17, 15) is 9.59 Å². The summed E-state index contributed by atoms with van der Waals surface area (Å²) in [6.45, 7) is 6.19. The van der Waals surface area contributed by atoms with E-state index in [1.54, 1.807) is 6.92 Å². The maximum absolute atomic E-state index is 11.7. The molecule has 4 N–H and O–H groups in total. The Morgan fingerprint density at radius 1 is 1.38 bits per heavy atom. The molecule has 0 bridgehead atoms. The van der Waals surface area contributed by atoms with E-state index in [0.29, 0.717) is 25.2 Å². The minimum absolute atomic E-state index is 0.133. The van der Waals surface area contributed by atoms with Crippen molar-refractivity contribution in [3.05, 3.63) is 5.82 Å². The zero-order valence-corrected chi connectivity index (χ0v) is 12.5. The molecule has 9 nitrogen and oxygen atoms in total. The number of aliphatic carboxylic acids is 1. The van der Waals surface area contributed by atoms with Crippen molar-refractivity contribution in [3.63, 3.8) is 0 Å². The van der Waals surface area contributed by atoms with Gasteiger partial charge in [0.2, 0.25) is 0 Å². The number of amides is 2. The summed E-state index contributed by atoms with van der Waals surface area (Å²) in [7, 11) is 0. The molecule has 1 heterocycles. The third kappa shape index (κ3) is 6.68. The highest BCUT2D eigenvalue weighted by Crippen LogP contribution is 2.25. The first kappa shape index (κ1) is 16.9. The van der Waals surface area contributed by atoms with Gasteiger partial charge in [-0.25, -0.2) is 4.79 Å². The van der Waals surface area contributed by atoms with Crippen molar-refractivity contribution in [3.8, 4) is 0 Å². The van der Waals surface area contributed by atoms with Gasteiger partial charge in [0.05, 0.1) is 6.04 Å². The highest BCUT2D eigenvalue weighted by Gasteiger charge is 2.19. The number of rotatable bonds is 8. The highest BCUT2D eigenvalue weighted by molar-refractivity contribution is 5.74. The van der Waals surface area contributed by atoms with E-state index >= 15 is 0 Å². The van der Waals surface area contributed by atoms with Gasteiger partial charge in [-0.2, -0.15) is 5.21 Å². The molecule has 21 heavy (non-hydrogen) atoms. The number of hydrogen-bond acceptors (Lipinski definition) is 5. The number of carboxylic acids is 1. The van der Waals surface area contributed by atoms with Crippen molar-refractivity contribution in [2.45, 2.75) is 46.1 Å². The molecule has 0 saturated carbocycles. The minimum Gasteiger partial charge on any atom is -0.481 e. The molecule has 1 aromatic heterocycles. The molecule has 1 rings (SSSR count). The zero-order valence-electron chi connectivity index (χ0n) is 12.5. The maximum atomic E-state index is 11.7. The lowest BCUT2D eigenvalue weighted by Crippen LogP contribution is -2.38. The fraction of sp³-hybridized carbons (Fsp3) is 0.750. The molecular weight excluding hydrogens is 276 g/mol. The molecule has 9 heteroatoms. The quantitative estimate of drug-likeness (QED) is 0.562. The van der Waals surface area contributed by atoms with Gasteiger partial charge in [0.1, 0.15) is 0 Å². The minimum atomic E-state index is -0.803. The number of carboxylic acid groups (broad SMARTS) is 1. The van der Waals surface area contributed by atoms with Crippen molar-refractivity contribution < 1.29 is 14.7 Å². The summed E-state index contributed by atoms with van der Waals surface area (Å²) in [5.74, 6) is -0.394. The first-order valence-electron chi connectivity index (χ1n) is 6.80. The van der Waals surface area contributed by atoms with E-state index in [4.69, 9.17) is 5.11 Å². The van der Waals surface area contributed by atoms with Gasteiger partial charge in [-0.3, -0.25) is 4.79 Å². The summed E-state index contributed by atoms with van der Waals surface area (Å²) in [4.78, 5) is 22.3. The Bertz CT molecular complexity index is 460. The third-order valence-corrected chi connectivity index (χ3v) is 3.20. The van der Waals surface area contributed by atoms with E-state index in [2.05, 4.69) is 31.3 Å². The maximum Gasteiger partial charge on any atom is 0.315 e. The Morgan fingerprint density at radius 3 is 2.67 bits per heavy atom. The molecule has 1 unspecified atom stereocenters. The molecule has 0 aliphatic carbocycles. The Hall–Kier alpha value is -2.19. The average Bonchev–Trinajstić information content (AvgIpc) is 2.90. The molecule has 118 valence electrons. The summed E-state index contributed by atoms with van der Waals surface area (Å²) < 4.78 is 0. The number of tetrazole rings is 1. The second-order valence-electron chi connectivity index (χ2n) is 5.70. The van der Waals surface area contributed by atoms with Crippen molar-refractivity contribution in [1.29, 1.82) is 0 Å². The number of carbonyl (C=O) groups excluding carboxylic acids is 1. The van der Waals surface area contributed by atoms with Crippen LogP contribution in [0.5, 0.6) is 0 Å². The number of H-pyrrole nitrogens is 1. The normalized spacial score (nSPS) is 12.7. The Balaban J connectivity index is 2.25. The van der Waals surface area contributed by atoms with Gasteiger partial charge in [-0.1, -0.05) is 19.1 Å². The SMILES string of the molecule is CC(NC(=O)NCCC(C)(C)CCC(=O)O)c1nn[nH]n1. The molecule has 0 fully saturated rings. The third-order valence-electron chi connectivity index (χ3n) is 3.20. The molecule has 0 aliphatic rings. The van der Waals surface area contributed by atoms with Crippen molar-refractivity contribution in [1.82, 2.24) is 31.3 Å². The van der Waals surface area contributed by atoms with Gasteiger partial charge in [0, 0.05) is 13.0 Å². The van der Waals surface area contributed by atoms with Crippen LogP contribution in [-0.2, 0) is 4.79 Å². The van der Waals surface area contributed by atoms with Crippen molar-refractivity contribution in [2.75, 3.05) is 6.54 Å². The zero-order chi connectivity index (χ0) is 15.9. The smallest absolute Gasteiger partial charge is 0.315 e. The first-order chi connectivity index (χ1) is 9.80. The highest BCUT2D eigenvalue weighted by atomic mass is 16.4. The van der Waals surface area contributed by atoms with Crippen LogP contribution in [0, 0.1) is 5.41 Å². The Kier molecular flexibility index (Phi) is 6.07. The monoisotopic (exact) mass is 298 g/mol. The van der Waals surface area contributed by atoms with Gasteiger partial charge in [0.25, 0.3) is 0 Å². The average molecular weight is 298 g/mol. The van der Waals surface area contributed by atoms with E-state index < -0.39 is 5.97 Å². The molecule has 1 atom stereocenters. The van der Waals surface area contributed by atoms with E-state index in [-0.39, 0.29) is 23.9 Å². The second-order valence-corrected chi connectivity index (χ2v) is 5.70. The van der Waals surface area contributed by atoms with Crippen LogP contribution in [-0.4, -0.2) is 44.3 Å². The summed E-state index contributed by atoms with van der Waals surface area (Å²) in [6, 6.07) is -0.662. The predicted octanol–water partition coefficient (Wildman–Crippen LogP) is 0.841. The van der Waals surface area contributed by atoms with Crippen LogP contribution in [0.25, 0.3) is 0 Å². The van der Waals surface area contributed by atoms with Gasteiger partial charge < -0.3 is 15.7 Å². The summed E-state index contributed by atoms with van der Waals surface area (Å²) in [6.07, 6.45) is 1.41.